The summed E-state index contributed by atoms with van der Waals surface area (Å²) in [5.74, 6) is 0.133. The lowest BCUT2D eigenvalue weighted by atomic mass is 10.0. The number of benzene rings is 3. The van der Waals surface area contributed by atoms with Gasteiger partial charge in [0.2, 0.25) is 5.91 Å². The number of rotatable bonds is 7. The molecule has 0 spiro atoms. The zero-order valence-electron chi connectivity index (χ0n) is 14.7. The van der Waals surface area contributed by atoms with Gasteiger partial charge in [0.1, 0.15) is 0 Å². The minimum atomic E-state index is 0.133. The third kappa shape index (κ3) is 4.93. The molecule has 3 rings (SSSR count). The first kappa shape index (κ1) is 17.2. The third-order valence-corrected chi connectivity index (χ3v) is 4.62. The van der Waals surface area contributed by atoms with Gasteiger partial charge in [0, 0.05) is 12.5 Å². The molecule has 0 fully saturated rings. The zero-order valence-corrected chi connectivity index (χ0v) is 14.7. The van der Waals surface area contributed by atoms with E-state index in [0.717, 1.165) is 19.3 Å². The van der Waals surface area contributed by atoms with Crippen molar-refractivity contribution in [3.63, 3.8) is 0 Å². The monoisotopic (exact) mass is 331 g/mol. The molecule has 3 aromatic rings. The van der Waals surface area contributed by atoms with Crippen molar-refractivity contribution in [3.8, 4) is 0 Å². The molecule has 2 nitrogen and oxygen atoms in total. The summed E-state index contributed by atoms with van der Waals surface area (Å²) in [5.41, 5.74) is 2.56. The maximum Gasteiger partial charge on any atom is 0.220 e. The van der Waals surface area contributed by atoms with E-state index in [1.165, 1.54) is 21.9 Å². The summed E-state index contributed by atoms with van der Waals surface area (Å²) in [6.45, 7) is 2.08. The van der Waals surface area contributed by atoms with Crippen LogP contribution in [0.25, 0.3) is 10.8 Å². The fourth-order valence-corrected chi connectivity index (χ4v) is 3.21. The number of hydrogen-bond acceptors (Lipinski definition) is 1. The largest absolute Gasteiger partial charge is 0.354 e. The topological polar surface area (TPSA) is 29.1 Å². The summed E-state index contributed by atoms with van der Waals surface area (Å²) >= 11 is 0. The average molecular weight is 331 g/mol. The van der Waals surface area contributed by atoms with Gasteiger partial charge in [-0.3, -0.25) is 4.79 Å². The maximum absolute atomic E-state index is 12.3. The van der Waals surface area contributed by atoms with Gasteiger partial charge >= 0.3 is 0 Å². The van der Waals surface area contributed by atoms with Crippen LogP contribution in [0.3, 0.4) is 0 Å². The Hall–Kier alpha value is -2.61. The van der Waals surface area contributed by atoms with Gasteiger partial charge in [0.05, 0.1) is 0 Å². The van der Waals surface area contributed by atoms with Gasteiger partial charge in [-0.1, -0.05) is 72.8 Å². The Morgan fingerprint density at radius 3 is 2.44 bits per heavy atom. The highest BCUT2D eigenvalue weighted by atomic mass is 16.1. The van der Waals surface area contributed by atoms with Crippen molar-refractivity contribution in [2.24, 2.45) is 0 Å². The summed E-state index contributed by atoms with van der Waals surface area (Å²) in [6, 6.07) is 25.3. The first-order chi connectivity index (χ1) is 12.2. The third-order valence-electron chi connectivity index (χ3n) is 4.62. The van der Waals surface area contributed by atoms with E-state index in [-0.39, 0.29) is 11.9 Å². The molecule has 1 unspecified atom stereocenters. The Morgan fingerprint density at radius 1 is 0.880 bits per heavy atom. The van der Waals surface area contributed by atoms with Gasteiger partial charge in [-0.05, 0) is 48.1 Å². The Morgan fingerprint density at radius 2 is 1.60 bits per heavy atom. The van der Waals surface area contributed by atoms with E-state index in [4.69, 9.17) is 0 Å². The van der Waals surface area contributed by atoms with Crippen LogP contribution in [0.5, 0.6) is 0 Å². The van der Waals surface area contributed by atoms with Crippen molar-refractivity contribution in [1.29, 1.82) is 0 Å². The molecule has 0 saturated carbocycles. The van der Waals surface area contributed by atoms with Gasteiger partial charge in [-0.15, -0.1) is 0 Å². The second-order valence-corrected chi connectivity index (χ2v) is 6.63. The van der Waals surface area contributed by atoms with Crippen molar-refractivity contribution < 1.29 is 4.79 Å². The van der Waals surface area contributed by atoms with E-state index >= 15 is 0 Å². The number of hydrogen-bond donors (Lipinski definition) is 1. The second-order valence-electron chi connectivity index (χ2n) is 6.63. The van der Waals surface area contributed by atoms with Crippen LogP contribution in [0, 0.1) is 0 Å². The molecule has 0 radical (unpaired) electrons. The lowest BCUT2D eigenvalue weighted by Gasteiger charge is -2.14. The normalized spacial score (nSPS) is 12.0. The SMILES string of the molecule is CC(CCc1ccccc1)NC(=O)CCc1cccc2ccccc12. The highest BCUT2D eigenvalue weighted by Crippen LogP contribution is 2.19. The van der Waals surface area contributed by atoms with Crippen molar-refractivity contribution >= 4 is 16.7 Å². The quantitative estimate of drug-likeness (QED) is 0.655. The lowest BCUT2D eigenvalue weighted by Crippen LogP contribution is -2.33. The highest BCUT2D eigenvalue weighted by Gasteiger charge is 2.09. The molecule has 1 amide bonds. The van der Waals surface area contributed by atoms with E-state index in [2.05, 4.69) is 72.9 Å². The fourth-order valence-electron chi connectivity index (χ4n) is 3.21. The van der Waals surface area contributed by atoms with E-state index in [1.54, 1.807) is 0 Å². The van der Waals surface area contributed by atoms with Crippen LogP contribution in [0.2, 0.25) is 0 Å². The molecule has 25 heavy (non-hydrogen) atoms. The average Bonchev–Trinajstić information content (AvgIpc) is 2.65. The molecular weight excluding hydrogens is 306 g/mol. The predicted octanol–water partition coefficient (Wildman–Crippen LogP) is 4.91. The van der Waals surface area contributed by atoms with Crippen LogP contribution < -0.4 is 5.32 Å². The summed E-state index contributed by atoms with van der Waals surface area (Å²) in [4.78, 5) is 12.3. The molecule has 0 aliphatic carbocycles. The van der Waals surface area contributed by atoms with Crippen LogP contribution in [-0.2, 0) is 17.6 Å². The summed E-state index contributed by atoms with van der Waals surface area (Å²) < 4.78 is 0. The van der Waals surface area contributed by atoms with Crippen molar-refractivity contribution in [2.45, 2.75) is 38.6 Å². The summed E-state index contributed by atoms with van der Waals surface area (Å²) in [7, 11) is 0. The summed E-state index contributed by atoms with van der Waals surface area (Å²) in [6.07, 6.45) is 3.26. The van der Waals surface area contributed by atoms with E-state index < -0.39 is 0 Å². The van der Waals surface area contributed by atoms with Crippen molar-refractivity contribution in [2.75, 3.05) is 0 Å². The Labute approximate surface area is 149 Å². The minimum absolute atomic E-state index is 0.133. The second kappa shape index (κ2) is 8.48. The van der Waals surface area contributed by atoms with Crippen molar-refractivity contribution in [3.05, 3.63) is 83.9 Å². The molecule has 128 valence electrons. The van der Waals surface area contributed by atoms with Gasteiger partial charge in [-0.25, -0.2) is 0 Å². The number of amides is 1. The first-order valence-electron chi connectivity index (χ1n) is 9.02. The van der Waals surface area contributed by atoms with Crippen LogP contribution in [-0.4, -0.2) is 11.9 Å². The molecule has 1 atom stereocenters. The molecule has 0 aliphatic heterocycles. The molecule has 0 bridgehead atoms. The molecule has 0 aliphatic rings. The highest BCUT2D eigenvalue weighted by molar-refractivity contribution is 5.86. The standard InChI is InChI=1S/C23H25NO/c1-18(14-15-19-8-3-2-4-9-19)24-23(25)17-16-21-12-7-11-20-10-5-6-13-22(20)21/h2-13,18H,14-17H2,1H3,(H,24,25). The molecule has 2 heteroatoms. The molecule has 3 aromatic carbocycles. The number of carbonyl (C=O) groups excluding carboxylic acids is 1. The smallest absolute Gasteiger partial charge is 0.220 e. The Bertz CT molecular complexity index is 820. The van der Waals surface area contributed by atoms with Gasteiger partial charge in [0.15, 0.2) is 0 Å². The predicted molar refractivity (Wildman–Crippen MR) is 105 cm³/mol. The zero-order chi connectivity index (χ0) is 17.5. The number of nitrogens with one attached hydrogen (secondary N) is 1. The molecule has 0 heterocycles. The summed E-state index contributed by atoms with van der Waals surface area (Å²) in [5, 5.41) is 5.61. The van der Waals surface area contributed by atoms with Gasteiger partial charge < -0.3 is 5.32 Å². The van der Waals surface area contributed by atoms with Crippen LogP contribution in [0.15, 0.2) is 72.8 Å². The van der Waals surface area contributed by atoms with E-state index in [1.807, 2.05) is 12.1 Å². The van der Waals surface area contributed by atoms with Crippen molar-refractivity contribution in [1.82, 2.24) is 5.32 Å². The van der Waals surface area contributed by atoms with Gasteiger partial charge in [0.25, 0.3) is 0 Å². The first-order valence-corrected chi connectivity index (χ1v) is 9.02. The number of carbonyl (C=O) groups is 1. The molecule has 0 saturated heterocycles. The molecular formula is C23H25NO. The van der Waals surface area contributed by atoms with Crippen LogP contribution in [0.1, 0.15) is 30.9 Å². The maximum atomic E-state index is 12.3. The van der Waals surface area contributed by atoms with Crippen LogP contribution >= 0.6 is 0 Å². The Kier molecular flexibility index (Phi) is 5.84. The minimum Gasteiger partial charge on any atom is -0.354 e. The van der Waals surface area contributed by atoms with Gasteiger partial charge in [-0.2, -0.15) is 0 Å². The lowest BCUT2D eigenvalue weighted by molar-refractivity contribution is -0.121. The number of aryl methyl sites for hydroxylation is 2. The number of fused-ring (bicyclic) bond motifs is 1. The Balaban J connectivity index is 1.49. The fraction of sp³-hybridized carbons (Fsp3) is 0.261. The van der Waals surface area contributed by atoms with E-state index in [0.29, 0.717) is 6.42 Å². The molecule has 1 N–H and O–H groups in total. The van der Waals surface area contributed by atoms with Crippen LogP contribution in [0.4, 0.5) is 0 Å². The van der Waals surface area contributed by atoms with E-state index in [9.17, 15) is 4.79 Å². The molecule has 0 aromatic heterocycles.